The molecule has 0 radical (unpaired) electrons. The average Bonchev–Trinajstić information content (AvgIpc) is 2.41. The SMILES string of the molecule is COc1ccc(C(=O)Nc2ccccc2Br)cc1Br. The topological polar surface area (TPSA) is 38.3 Å². The number of rotatable bonds is 3. The Balaban J connectivity index is 2.21. The van der Waals surface area contributed by atoms with Crippen molar-refractivity contribution in [3.63, 3.8) is 0 Å². The molecule has 98 valence electrons. The van der Waals surface area contributed by atoms with Crippen molar-refractivity contribution >= 4 is 43.5 Å². The molecule has 0 aliphatic carbocycles. The van der Waals surface area contributed by atoms with Crippen LogP contribution in [0.4, 0.5) is 5.69 Å². The second kappa shape index (κ2) is 6.21. The summed E-state index contributed by atoms with van der Waals surface area (Å²) in [5.74, 6) is 0.521. The van der Waals surface area contributed by atoms with Gasteiger partial charge in [-0.05, 0) is 62.2 Å². The lowest BCUT2D eigenvalue weighted by Crippen LogP contribution is -2.12. The lowest BCUT2D eigenvalue weighted by atomic mass is 10.2. The number of hydrogen-bond acceptors (Lipinski definition) is 2. The first kappa shape index (κ1) is 14.1. The Morgan fingerprint density at radius 3 is 2.47 bits per heavy atom. The van der Waals surface area contributed by atoms with E-state index >= 15 is 0 Å². The van der Waals surface area contributed by atoms with Crippen LogP contribution in [0.1, 0.15) is 10.4 Å². The van der Waals surface area contributed by atoms with Gasteiger partial charge in [-0.1, -0.05) is 12.1 Å². The number of carbonyl (C=O) groups is 1. The number of halogens is 2. The summed E-state index contributed by atoms with van der Waals surface area (Å²) in [5, 5.41) is 2.84. The molecule has 0 bridgehead atoms. The Bertz CT molecular complexity index is 614. The van der Waals surface area contributed by atoms with E-state index < -0.39 is 0 Å². The highest BCUT2D eigenvalue weighted by molar-refractivity contribution is 9.11. The highest BCUT2D eigenvalue weighted by Crippen LogP contribution is 2.27. The standard InChI is InChI=1S/C14H11Br2NO2/c1-19-13-7-6-9(8-11(13)16)14(18)17-12-5-3-2-4-10(12)15/h2-8H,1H3,(H,17,18). The minimum absolute atomic E-state index is 0.171. The zero-order valence-electron chi connectivity index (χ0n) is 10.1. The van der Waals surface area contributed by atoms with Gasteiger partial charge < -0.3 is 10.1 Å². The summed E-state index contributed by atoms with van der Waals surface area (Å²) in [7, 11) is 1.58. The molecule has 0 fully saturated rings. The van der Waals surface area contributed by atoms with Crippen molar-refractivity contribution in [3.8, 4) is 5.75 Å². The normalized spacial score (nSPS) is 10.1. The minimum atomic E-state index is -0.171. The zero-order valence-corrected chi connectivity index (χ0v) is 13.3. The summed E-state index contributed by atoms with van der Waals surface area (Å²) in [5.41, 5.74) is 1.29. The third kappa shape index (κ3) is 3.36. The summed E-state index contributed by atoms with van der Waals surface area (Å²) in [6.45, 7) is 0. The van der Waals surface area contributed by atoms with Crippen molar-refractivity contribution in [2.75, 3.05) is 12.4 Å². The molecule has 2 aromatic rings. The van der Waals surface area contributed by atoms with E-state index in [0.29, 0.717) is 11.3 Å². The number of hydrogen-bond donors (Lipinski definition) is 1. The first-order valence-electron chi connectivity index (χ1n) is 5.51. The van der Waals surface area contributed by atoms with Gasteiger partial charge in [-0.2, -0.15) is 0 Å². The largest absolute Gasteiger partial charge is 0.496 e. The number of benzene rings is 2. The van der Waals surface area contributed by atoms with E-state index in [0.717, 1.165) is 14.6 Å². The molecule has 0 saturated heterocycles. The lowest BCUT2D eigenvalue weighted by molar-refractivity contribution is 0.102. The molecule has 0 atom stereocenters. The fraction of sp³-hybridized carbons (Fsp3) is 0.0714. The number of ether oxygens (including phenoxy) is 1. The van der Waals surface area contributed by atoms with Crippen LogP contribution in [0.25, 0.3) is 0 Å². The van der Waals surface area contributed by atoms with Crippen LogP contribution in [0.3, 0.4) is 0 Å². The molecule has 0 aliphatic rings. The van der Waals surface area contributed by atoms with Crippen molar-refractivity contribution in [2.24, 2.45) is 0 Å². The summed E-state index contributed by atoms with van der Waals surface area (Å²) in [6.07, 6.45) is 0. The molecule has 19 heavy (non-hydrogen) atoms. The molecule has 1 N–H and O–H groups in total. The number of methoxy groups -OCH3 is 1. The van der Waals surface area contributed by atoms with Gasteiger partial charge in [-0.15, -0.1) is 0 Å². The van der Waals surface area contributed by atoms with Crippen molar-refractivity contribution < 1.29 is 9.53 Å². The van der Waals surface area contributed by atoms with Gasteiger partial charge in [-0.25, -0.2) is 0 Å². The van der Waals surface area contributed by atoms with Crippen LogP contribution < -0.4 is 10.1 Å². The maximum atomic E-state index is 12.1. The van der Waals surface area contributed by atoms with Gasteiger partial charge in [0.15, 0.2) is 0 Å². The Morgan fingerprint density at radius 2 is 1.84 bits per heavy atom. The van der Waals surface area contributed by atoms with Gasteiger partial charge in [0.2, 0.25) is 0 Å². The summed E-state index contributed by atoms with van der Waals surface area (Å²) < 4.78 is 6.72. The van der Waals surface area contributed by atoms with Crippen LogP contribution >= 0.6 is 31.9 Å². The molecule has 0 aliphatic heterocycles. The van der Waals surface area contributed by atoms with Gasteiger partial charge in [-0.3, -0.25) is 4.79 Å². The Kier molecular flexibility index (Phi) is 4.61. The van der Waals surface area contributed by atoms with E-state index in [-0.39, 0.29) is 5.91 Å². The highest BCUT2D eigenvalue weighted by atomic mass is 79.9. The fourth-order valence-corrected chi connectivity index (χ4v) is 2.49. The smallest absolute Gasteiger partial charge is 0.255 e. The van der Waals surface area contributed by atoms with Gasteiger partial charge in [0.1, 0.15) is 5.75 Å². The average molecular weight is 385 g/mol. The molecule has 2 rings (SSSR count). The first-order chi connectivity index (χ1) is 9.11. The Morgan fingerprint density at radius 1 is 1.11 bits per heavy atom. The second-order valence-electron chi connectivity index (χ2n) is 3.78. The van der Waals surface area contributed by atoms with Crippen molar-refractivity contribution in [3.05, 3.63) is 57.0 Å². The molecule has 5 heteroatoms. The maximum Gasteiger partial charge on any atom is 0.255 e. The van der Waals surface area contributed by atoms with Crippen molar-refractivity contribution in [1.29, 1.82) is 0 Å². The molecule has 2 aromatic carbocycles. The molecular weight excluding hydrogens is 374 g/mol. The molecular formula is C14H11Br2NO2. The summed E-state index contributed by atoms with van der Waals surface area (Å²) in [6, 6.07) is 12.7. The summed E-state index contributed by atoms with van der Waals surface area (Å²) >= 11 is 6.75. The number of nitrogens with one attached hydrogen (secondary N) is 1. The number of anilines is 1. The second-order valence-corrected chi connectivity index (χ2v) is 5.49. The zero-order chi connectivity index (χ0) is 13.8. The molecule has 0 heterocycles. The monoisotopic (exact) mass is 383 g/mol. The van der Waals surface area contributed by atoms with Crippen LogP contribution in [0.15, 0.2) is 51.4 Å². The van der Waals surface area contributed by atoms with E-state index in [4.69, 9.17) is 4.74 Å². The first-order valence-corrected chi connectivity index (χ1v) is 7.10. The molecule has 3 nitrogen and oxygen atoms in total. The van der Waals surface area contributed by atoms with Gasteiger partial charge >= 0.3 is 0 Å². The van der Waals surface area contributed by atoms with E-state index in [2.05, 4.69) is 37.2 Å². The lowest BCUT2D eigenvalue weighted by Gasteiger charge is -2.09. The van der Waals surface area contributed by atoms with Gasteiger partial charge in [0.25, 0.3) is 5.91 Å². The highest BCUT2D eigenvalue weighted by Gasteiger charge is 2.10. The van der Waals surface area contributed by atoms with Crippen molar-refractivity contribution in [2.45, 2.75) is 0 Å². The van der Waals surface area contributed by atoms with Crippen LogP contribution in [-0.4, -0.2) is 13.0 Å². The van der Waals surface area contributed by atoms with E-state index in [1.54, 1.807) is 25.3 Å². The third-order valence-corrected chi connectivity index (χ3v) is 3.85. The quantitative estimate of drug-likeness (QED) is 0.847. The van der Waals surface area contributed by atoms with Crippen LogP contribution in [0, 0.1) is 0 Å². The Labute approximate surface area is 128 Å². The molecule has 0 aromatic heterocycles. The van der Waals surface area contributed by atoms with Crippen molar-refractivity contribution in [1.82, 2.24) is 0 Å². The van der Waals surface area contributed by atoms with E-state index in [1.807, 2.05) is 24.3 Å². The van der Waals surface area contributed by atoms with E-state index in [1.165, 1.54) is 0 Å². The molecule has 0 saturated carbocycles. The van der Waals surface area contributed by atoms with Crippen LogP contribution in [-0.2, 0) is 0 Å². The number of para-hydroxylation sites is 1. The molecule has 1 amide bonds. The fourth-order valence-electron chi connectivity index (χ4n) is 1.56. The molecule has 0 spiro atoms. The number of carbonyl (C=O) groups excluding carboxylic acids is 1. The van der Waals surface area contributed by atoms with Gasteiger partial charge in [0, 0.05) is 10.0 Å². The molecule has 0 unspecified atom stereocenters. The van der Waals surface area contributed by atoms with E-state index in [9.17, 15) is 4.79 Å². The Hall–Kier alpha value is -1.33. The number of amides is 1. The van der Waals surface area contributed by atoms with Crippen LogP contribution in [0.5, 0.6) is 5.75 Å². The van der Waals surface area contributed by atoms with Crippen LogP contribution in [0.2, 0.25) is 0 Å². The predicted octanol–water partition coefficient (Wildman–Crippen LogP) is 4.47. The maximum absolute atomic E-state index is 12.1. The van der Waals surface area contributed by atoms with Gasteiger partial charge in [0.05, 0.1) is 17.3 Å². The predicted molar refractivity (Wildman–Crippen MR) is 82.8 cm³/mol. The minimum Gasteiger partial charge on any atom is -0.496 e. The third-order valence-electron chi connectivity index (χ3n) is 2.54. The summed E-state index contributed by atoms with van der Waals surface area (Å²) in [4.78, 5) is 12.1.